The van der Waals surface area contributed by atoms with Crippen molar-refractivity contribution < 1.29 is 9.53 Å². The maximum Gasteiger partial charge on any atom is 0.232 e. The van der Waals surface area contributed by atoms with Gasteiger partial charge >= 0.3 is 0 Å². The number of benzene rings is 2. The number of carbonyl (C=O) groups is 1. The zero-order valence-electron chi connectivity index (χ0n) is 12.3. The second-order valence-electron chi connectivity index (χ2n) is 5.41. The zero-order chi connectivity index (χ0) is 14.8. The normalized spacial score (nSPS) is 16.5. The molecule has 1 atom stereocenters. The van der Waals surface area contributed by atoms with Crippen molar-refractivity contribution in [1.29, 1.82) is 0 Å². The maximum absolute atomic E-state index is 12.2. The maximum atomic E-state index is 12.2. The molecule has 0 unspecified atom stereocenters. The predicted octanol–water partition coefficient (Wildman–Crippen LogP) is 3.67. The van der Waals surface area contributed by atoms with Gasteiger partial charge in [-0.1, -0.05) is 29.8 Å². The molecule has 3 nitrogen and oxygen atoms in total. The van der Waals surface area contributed by atoms with Gasteiger partial charge in [0.25, 0.3) is 0 Å². The molecule has 3 rings (SSSR count). The van der Waals surface area contributed by atoms with Crippen LogP contribution in [-0.4, -0.2) is 12.5 Å². The summed E-state index contributed by atoms with van der Waals surface area (Å²) in [6.07, 6.45) is 0.717. The molecule has 0 saturated heterocycles. The second-order valence-corrected chi connectivity index (χ2v) is 5.41. The molecule has 0 bridgehead atoms. The lowest BCUT2D eigenvalue weighted by molar-refractivity contribution is -0.117. The molecule has 1 N–H and O–H groups in total. The van der Waals surface area contributed by atoms with E-state index < -0.39 is 0 Å². The lowest BCUT2D eigenvalue weighted by atomic mass is 9.92. The molecule has 0 fully saturated rings. The van der Waals surface area contributed by atoms with Crippen molar-refractivity contribution in [2.45, 2.75) is 26.2 Å². The van der Waals surface area contributed by atoms with E-state index in [0.717, 1.165) is 22.6 Å². The second kappa shape index (κ2) is 5.60. The van der Waals surface area contributed by atoms with E-state index in [1.54, 1.807) is 0 Å². The van der Waals surface area contributed by atoms with Crippen molar-refractivity contribution in [3.63, 3.8) is 0 Å². The summed E-state index contributed by atoms with van der Waals surface area (Å²) < 4.78 is 5.44. The fraction of sp³-hybridized carbons (Fsp3) is 0.278. The van der Waals surface area contributed by atoms with Crippen LogP contribution in [0.25, 0.3) is 0 Å². The van der Waals surface area contributed by atoms with Crippen LogP contribution in [0.4, 0.5) is 5.69 Å². The van der Waals surface area contributed by atoms with Crippen LogP contribution in [0.2, 0.25) is 0 Å². The quantitative estimate of drug-likeness (QED) is 0.928. The lowest BCUT2D eigenvalue weighted by Crippen LogP contribution is -2.14. The van der Waals surface area contributed by atoms with Crippen LogP contribution in [0.1, 0.15) is 29.5 Å². The summed E-state index contributed by atoms with van der Waals surface area (Å²) >= 11 is 0. The van der Waals surface area contributed by atoms with Crippen molar-refractivity contribution in [3.8, 4) is 5.75 Å². The Morgan fingerprint density at radius 3 is 2.62 bits per heavy atom. The summed E-state index contributed by atoms with van der Waals surface area (Å²) in [7, 11) is 0. The molecule has 0 radical (unpaired) electrons. The van der Waals surface area contributed by atoms with E-state index >= 15 is 0 Å². The van der Waals surface area contributed by atoms with Crippen LogP contribution >= 0.6 is 0 Å². The van der Waals surface area contributed by atoms with E-state index in [9.17, 15) is 4.79 Å². The summed E-state index contributed by atoms with van der Waals surface area (Å²) in [5.74, 6) is 0.857. The number of aryl methyl sites for hydroxylation is 1. The van der Waals surface area contributed by atoms with Crippen molar-refractivity contribution in [2.24, 2.45) is 0 Å². The largest absolute Gasteiger partial charge is 0.494 e. The van der Waals surface area contributed by atoms with Crippen LogP contribution in [0.3, 0.4) is 0 Å². The average molecular weight is 281 g/mol. The SMILES string of the molecule is CCOc1ccc(C[C@@H]2C(=O)Nc3ccc(C)cc32)cc1. The van der Waals surface area contributed by atoms with E-state index in [1.165, 1.54) is 5.56 Å². The minimum Gasteiger partial charge on any atom is -0.494 e. The monoisotopic (exact) mass is 281 g/mol. The number of nitrogens with one attached hydrogen (secondary N) is 1. The van der Waals surface area contributed by atoms with Gasteiger partial charge in [-0.3, -0.25) is 4.79 Å². The van der Waals surface area contributed by atoms with Crippen molar-refractivity contribution >= 4 is 11.6 Å². The molecule has 21 heavy (non-hydrogen) atoms. The highest BCUT2D eigenvalue weighted by atomic mass is 16.5. The third-order valence-electron chi connectivity index (χ3n) is 3.83. The molecule has 0 spiro atoms. The van der Waals surface area contributed by atoms with Crippen molar-refractivity contribution in [2.75, 3.05) is 11.9 Å². The number of carbonyl (C=O) groups excluding carboxylic acids is 1. The van der Waals surface area contributed by atoms with Gasteiger partial charge in [0.15, 0.2) is 0 Å². The highest BCUT2D eigenvalue weighted by Crippen LogP contribution is 2.35. The Morgan fingerprint density at radius 2 is 1.90 bits per heavy atom. The molecule has 2 aromatic carbocycles. The van der Waals surface area contributed by atoms with Gasteiger partial charge in [-0.05, 0) is 49.6 Å². The molecule has 108 valence electrons. The van der Waals surface area contributed by atoms with Gasteiger partial charge < -0.3 is 10.1 Å². The van der Waals surface area contributed by atoms with Crippen LogP contribution < -0.4 is 10.1 Å². The molecule has 0 saturated carbocycles. The van der Waals surface area contributed by atoms with Crippen molar-refractivity contribution in [3.05, 3.63) is 59.2 Å². The first kappa shape index (κ1) is 13.7. The Balaban J connectivity index is 1.82. The number of amides is 1. The third-order valence-corrected chi connectivity index (χ3v) is 3.83. The van der Waals surface area contributed by atoms with Gasteiger partial charge in [0, 0.05) is 5.69 Å². The minimum absolute atomic E-state index is 0.0875. The first-order valence-corrected chi connectivity index (χ1v) is 7.30. The summed E-state index contributed by atoms with van der Waals surface area (Å²) in [6.45, 7) is 4.68. The molecule has 2 aromatic rings. The van der Waals surface area contributed by atoms with Crippen LogP contribution in [0.5, 0.6) is 5.75 Å². The molecule has 1 amide bonds. The fourth-order valence-corrected chi connectivity index (χ4v) is 2.77. The van der Waals surface area contributed by atoms with Crippen molar-refractivity contribution in [1.82, 2.24) is 0 Å². The van der Waals surface area contributed by atoms with Crippen LogP contribution in [-0.2, 0) is 11.2 Å². The smallest absolute Gasteiger partial charge is 0.232 e. The zero-order valence-corrected chi connectivity index (χ0v) is 12.3. The Hall–Kier alpha value is -2.29. The number of fused-ring (bicyclic) bond motifs is 1. The van der Waals surface area contributed by atoms with E-state index in [-0.39, 0.29) is 11.8 Å². The number of rotatable bonds is 4. The Bertz CT molecular complexity index is 661. The fourth-order valence-electron chi connectivity index (χ4n) is 2.77. The molecular weight excluding hydrogens is 262 g/mol. The number of hydrogen-bond acceptors (Lipinski definition) is 2. The standard InChI is InChI=1S/C18H19NO2/c1-3-21-14-7-5-13(6-8-14)11-16-15-10-12(2)4-9-17(15)19-18(16)20/h4-10,16H,3,11H2,1-2H3,(H,19,20)/t16-/m0/s1. The Labute approximate surface area is 124 Å². The summed E-state index contributed by atoms with van der Waals surface area (Å²) in [4.78, 5) is 12.2. The number of anilines is 1. The minimum atomic E-state index is -0.0992. The Kier molecular flexibility index (Phi) is 3.65. The molecule has 1 aliphatic heterocycles. The first-order chi connectivity index (χ1) is 10.2. The van der Waals surface area contributed by atoms with Gasteiger partial charge in [-0.15, -0.1) is 0 Å². The molecule has 3 heteroatoms. The topological polar surface area (TPSA) is 38.3 Å². The van der Waals surface area contributed by atoms with Crippen LogP contribution in [0.15, 0.2) is 42.5 Å². The molecule has 1 heterocycles. The van der Waals surface area contributed by atoms with Crippen LogP contribution in [0, 0.1) is 6.92 Å². The highest BCUT2D eigenvalue weighted by Gasteiger charge is 2.30. The van der Waals surface area contributed by atoms with Gasteiger partial charge in [0.1, 0.15) is 5.75 Å². The summed E-state index contributed by atoms with van der Waals surface area (Å²) in [6, 6.07) is 14.1. The first-order valence-electron chi connectivity index (χ1n) is 7.30. The third kappa shape index (κ3) is 2.77. The molecule has 0 aliphatic carbocycles. The van der Waals surface area contributed by atoms with E-state index in [2.05, 4.69) is 18.3 Å². The summed E-state index contributed by atoms with van der Waals surface area (Å²) in [5.41, 5.74) is 4.38. The molecule has 0 aromatic heterocycles. The molecular formula is C18H19NO2. The molecule has 1 aliphatic rings. The van der Waals surface area contributed by atoms with E-state index in [1.807, 2.05) is 43.3 Å². The number of hydrogen-bond donors (Lipinski definition) is 1. The highest BCUT2D eigenvalue weighted by molar-refractivity contribution is 6.03. The predicted molar refractivity (Wildman–Crippen MR) is 83.9 cm³/mol. The van der Waals surface area contributed by atoms with Gasteiger partial charge in [0.2, 0.25) is 5.91 Å². The van der Waals surface area contributed by atoms with Gasteiger partial charge in [0.05, 0.1) is 12.5 Å². The van der Waals surface area contributed by atoms with E-state index in [0.29, 0.717) is 13.0 Å². The van der Waals surface area contributed by atoms with Gasteiger partial charge in [-0.2, -0.15) is 0 Å². The van der Waals surface area contributed by atoms with Gasteiger partial charge in [-0.25, -0.2) is 0 Å². The number of ether oxygens (including phenoxy) is 1. The lowest BCUT2D eigenvalue weighted by Gasteiger charge is -2.10. The van der Waals surface area contributed by atoms with E-state index in [4.69, 9.17) is 4.74 Å². The average Bonchev–Trinajstić information content (AvgIpc) is 2.77. The summed E-state index contributed by atoms with van der Waals surface area (Å²) in [5, 5.41) is 2.96. The Morgan fingerprint density at radius 1 is 1.14 bits per heavy atom.